The average Bonchev–Trinajstić information content (AvgIpc) is 2.84. The summed E-state index contributed by atoms with van der Waals surface area (Å²) in [6, 6.07) is 0. The molecule has 0 unspecified atom stereocenters. The third-order valence-electron chi connectivity index (χ3n) is 2.65. The van der Waals surface area contributed by atoms with E-state index in [0.717, 1.165) is 18.0 Å². The molecule has 19 heavy (non-hydrogen) atoms. The fourth-order valence-electron chi connectivity index (χ4n) is 1.56. The van der Waals surface area contributed by atoms with E-state index in [9.17, 15) is 9.59 Å². The molecule has 8 heteroatoms. The van der Waals surface area contributed by atoms with Gasteiger partial charge in [-0.25, -0.2) is 0 Å². The first kappa shape index (κ1) is 13.5. The number of hydrogen-bond acceptors (Lipinski definition) is 6. The summed E-state index contributed by atoms with van der Waals surface area (Å²) in [5, 5.41) is 8.04. The van der Waals surface area contributed by atoms with Crippen molar-refractivity contribution >= 4 is 16.5 Å². The lowest BCUT2D eigenvalue weighted by molar-refractivity contribution is 0.683. The summed E-state index contributed by atoms with van der Waals surface area (Å²) in [6.45, 7) is 3.13. The summed E-state index contributed by atoms with van der Waals surface area (Å²) in [6.07, 6.45) is 4.12. The van der Waals surface area contributed by atoms with Gasteiger partial charge in [-0.1, -0.05) is 11.4 Å². The van der Waals surface area contributed by atoms with Crippen LogP contribution in [0.2, 0.25) is 0 Å². The number of nitrogens with one attached hydrogen (secondary N) is 1. The number of rotatable bonds is 5. The summed E-state index contributed by atoms with van der Waals surface area (Å²) in [4.78, 5) is 23.4. The highest BCUT2D eigenvalue weighted by molar-refractivity contribution is 7.10. The van der Waals surface area contributed by atoms with Crippen LogP contribution in [-0.4, -0.2) is 25.3 Å². The van der Waals surface area contributed by atoms with Gasteiger partial charge in [0.05, 0.1) is 6.54 Å². The van der Waals surface area contributed by atoms with Crippen LogP contribution in [0.4, 0.5) is 5.00 Å². The van der Waals surface area contributed by atoms with Gasteiger partial charge in [-0.3, -0.25) is 9.59 Å². The molecule has 0 fully saturated rings. The van der Waals surface area contributed by atoms with E-state index in [1.165, 1.54) is 20.7 Å². The fraction of sp³-hybridized carbons (Fsp3) is 0.455. The third kappa shape index (κ3) is 2.90. The van der Waals surface area contributed by atoms with Crippen molar-refractivity contribution in [1.29, 1.82) is 0 Å². The molecule has 0 aromatic carbocycles. The number of hydrogen-bond donors (Lipinski definition) is 1. The van der Waals surface area contributed by atoms with Crippen molar-refractivity contribution in [2.24, 2.45) is 7.05 Å². The second kappa shape index (κ2) is 5.79. The van der Waals surface area contributed by atoms with Crippen LogP contribution in [0.5, 0.6) is 0 Å². The molecule has 1 N–H and O–H groups in total. The lowest BCUT2D eigenvalue weighted by Crippen LogP contribution is -2.39. The standard InChI is InChI=1S/C11H15N5O2S/c1-3-4-12-9-8(13-14-19-9)7-16-6-5-15(2)10(17)11(16)18/h5-6,12H,3-4,7H2,1-2H3. The van der Waals surface area contributed by atoms with Crippen LogP contribution in [0, 0.1) is 0 Å². The largest absolute Gasteiger partial charge is 0.374 e. The molecule has 0 atom stereocenters. The fourth-order valence-corrected chi connectivity index (χ4v) is 2.16. The first-order valence-electron chi connectivity index (χ1n) is 5.94. The zero-order valence-corrected chi connectivity index (χ0v) is 11.6. The molecule has 7 nitrogen and oxygen atoms in total. The van der Waals surface area contributed by atoms with Crippen LogP contribution >= 0.6 is 11.5 Å². The molecule has 0 saturated carbocycles. The van der Waals surface area contributed by atoms with Gasteiger partial charge in [0.25, 0.3) is 0 Å². The second-order valence-corrected chi connectivity index (χ2v) is 4.88. The topological polar surface area (TPSA) is 81.8 Å². The number of aromatic nitrogens is 4. The molecule has 2 rings (SSSR count). The zero-order chi connectivity index (χ0) is 13.8. The molecule has 0 aliphatic carbocycles. The summed E-state index contributed by atoms with van der Waals surface area (Å²) in [5.74, 6) is 0. The summed E-state index contributed by atoms with van der Waals surface area (Å²) < 4.78 is 6.47. The highest BCUT2D eigenvalue weighted by Gasteiger charge is 2.10. The molecule has 0 bridgehead atoms. The molecule has 2 aromatic heterocycles. The Kier molecular flexibility index (Phi) is 4.10. The molecule has 0 aliphatic heterocycles. The second-order valence-electron chi connectivity index (χ2n) is 4.12. The Morgan fingerprint density at radius 1 is 1.32 bits per heavy atom. The molecule has 0 saturated heterocycles. The minimum atomic E-state index is -0.556. The Labute approximate surface area is 113 Å². The van der Waals surface area contributed by atoms with Crippen LogP contribution in [0.3, 0.4) is 0 Å². The monoisotopic (exact) mass is 281 g/mol. The normalized spacial score (nSPS) is 10.6. The summed E-state index contributed by atoms with van der Waals surface area (Å²) >= 11 is 1.25. The van der Waals surface area contributed by atoms with Gasteiger partial charge in [-0.15, -0.1) is 5.10 Å². The van der Waals surface area contributed by atoms with E-state index in [4.69, 9.17) is 0 Å². The van der Waals surface area contributed by atoms with E-state index in [1.54, 1.807) is 19.4 Å². The minimum absolute atomic E-state index is 0.247. The smallest absolute Gasteiger partial charge is 0.316 e. The molecule has 0 spiro atoms. The van der Waals surface area contributed by atoms with Crippen molar-refractivity contribution in [3.8, 4) is 0 Å². The average molecular weight is 281 g/mol. The van der Waals surface area contributed by atoms with Crippen LogP contribution in [0.25, 0.3) is 0 Å². The van der Waals surface area contributed by atoms with Gasteiger partial charge in [-0.05, 0) is 6.42 Å². The molecule has 0 aliphatic rings. The van der Waals surface area contributed by atoms with Crippen molar-refractivity contribution in [2.75, 3.05) is 11.9 Å². The van der Waals surface area contributed by atoms with Crippen molar-refractivity contribution in [1.82, 2.24) is 18.7 Å². The Morgan fingerprint density at radius 3 is 2.84 bits per heavy atom. The van der Waals surface area contributed by atoms with Crippen molar-refractivity contribution in [3.63, 3.8) is 0 Å². The number of aryl methyl sites for hydroxylation is 1. The Bertz CT molecular complexity index is 672. The van der Waals surface area contributed by atoms with Gasteiger partial charge in [0.2, 0.25) is 0 Å². The van der Waals surface area contributed by atoms with E-state index in [1.807, 2.05) is 0 Å². The molecule has 102 valence electrons. The van der Waals surface area contributed by atoms with E-state index in [-0.39, 0.29) is 6.54 Å². The molecule has 0 radical (unpaired) electrons. The molecule has 2 aromatic rings. The van der Waals surface area contributed by atoms with Crippen molar-refractivity contribution < 1.29 is 0 Å². The predicted molar refractivity (Wildman–Crippen MR) is 73.7 cm³/mol. The molecule has 2 heterocycles. The highest BCUT2D eigenvalue weighted by Crippen LogP contribution is 2.17. The highest BCUT2D eigenvalue weighted by atomic mass is 32.1. The molecular formula is C11H15N5O2S. The van der Waals surface area contributed by atoms with E-state index in [0.29, 0.717) is 5.69 Å². The van der Waals surface area contributed by atoms with Crippen LogP contribution in [-0.2, 0) is 13.6 Å². The summed E-state index contributed by atoms with van der Waals surface area (Å²) in [7, 11) is 1.55. The minimum Gasteiger partial charge on any atom is -0.374 e. The van der Waals surface area contributed by atoms with Gasteiger partial charge >= 0.3 is 11.1 Å². The zero-order valence-electron chi connectivity index (χ0n) is 10.8. The maximum atomic E-state index is 11.8. The van der Waals surface area contributed by atoms with Crippen molar-refractivity contribution in [2.45, 2.75) is 19.9 Å². The number of nitrogens with zero attached hydrogens (tertiary/aromatic N) is 4. The predicted octanol–water partition coefficient (Wildman–Crippen LogP) is 0.269. The van der Waals surface area contributed by atoms with E-state index in [2.05, 4.69) is 21.8 Å². The van der Waals surface area contributed by atoms with Crippen LogP contribution < -0.4 is 16.4 Å². The SMILES string of the molecule is CCCNc1snnc1Cn1ccn(C)c(=O)c1=O. The molecule has 0 amide bonds. The Hall–Kier alpha value is -1.96. The van der Waals surface area contributed by atoms with Gasteiger partial charge < -0.3 is 14.5 Å². The summed E-state index contributed by atoms with van der Waals surface area (Å²) in [5.41, 5.74) is -0.429. The van der Waals surface area contributed by atoms with Gasteiger partial charge in [0.15, 0.2) is 0 Å². The van der Waals surface area contributed by atoms with E-state index >= 15 is 0 Å². The quantitative estimate of drug-likeness (QED) is 0.795. The van der Waals surface area contributed by atoms with Crippen LogP contribution in [0.15, 0.2) is 22.0 Å². The van der Waals surface area contributed by atoms with Gasteiger partial charge in [-0.2, -0.15) is 0 Å². The van der Waals surface area contributed by atoms with Gasteiger partial charge in [0.1, 0.15) is 10.7 Å². The van der Waals surface area contributed by atoms with Crippen LogP contribution in [0.1, 0.15) is 19.0 Å². The lowest BCUT2D eigenvalue weighted by atomic mass is 10.4. The lowest BCUT2D eigenvalue weighted by Gasteiger charge is -2.06. The van der Waals surface area contributed by atoms with Crippen molar-refractivity contribution in [3.05, 3.63) is 38.8 Å². The Morgan fingerprint density at radius 2 is 2.11 bits per heavy atom. The third-order valence-corrected chi connectivity index (χ3v) is 3.37. The first-order valence-corrected chi connectivity index (χ1v) is 6.72. The Balaban J connectivity index is 2.27. The van der Waals surface area contributed by atoms with Gasteiger partial charge in [0, 0.05) is 37.5 Å². The maximum absolute atomic E-state index is 11.8. The first-order chi connectivity index (χ1) is 9.13. The van der Waals surface area contributed by atoms with E-state index < -0.39 is 11.1 Å². The molecular weight excluding hydrogens is 266 g/mol. The maximum Gasteiger partial charge on any atom is 0.316 e. The number of anilines is 1.